The van der Waals surface area contributed by atoms with Crippen molar-refractivity contribution in [2.45, 2.75) is 6.42 Å². The molecule has 1 N–H and O–H groups in total. The summed E-state index contributed by atoms with van der Waals surface area (Å²) >= 11 is 12.1. The van der Waals surface area contributed by atoms with Crippen LogP contribution in [0.2, 0.25) is 10.0 Å². The van der Waals surface area contributed by atoms with Crippen LogP contribution in [-0.4, -0.2) is 27.0 Å². The van der Waals surface area contributed by atoms with E-state index in [0.717, 1.165) is 11.5 Å². The van der Waals surface area contributed by atoms with E-state index in [1.807, 2.05) is 28.8 Å². The number of aromatic nitrogens is 3. The van der Waals surface area contributed by atoms with E-state index < -0.39 is 0 Å². The highest BCUT2D eigenvalue weighted by Gasteiger charge is 2.05. The van der Waals surface area contributed by atoms with Crippen LogP contribution in [0.1, 0.15) is 11.4 Å². The van der Waals surface area contributed by atoms with E-state index in [2.05, 4.69) is 15.5 Å². The summed E-state index contributed by atoms with van der Waals surface area (Å²) in [4.78, 5) is 11.9. The molecule has 0 aliphatic heterocycles. The van der Waals surface area contributed by atoms with Gasteiger partial charge < -0.3 is 5.32 Å². The molecule has 0 aliphatic carbocycles. The van der Waals surface area contributed by atoms with Crippen LogP contribution in [0.5, 0.6) is 0 Å². The zero-order valence-corrected chi connectivity index (χ0v) is 14.1. The van der Waals surface area contributed by atoms with Gasteiger partial charge >= 0.3 is 0 Å². The smallest absolute Gasteiger partial charge is 0.244 e. The van der Waals surface area contributed by atoms with Crippen LogP contribution >= 0.6 is 23.2 Å². The summed E-state index contributed by atoms with van der Waals surface area (Å²) in [6.07, 6.45) is 5.49. The lowest BCUT2D eigenvalue weighted by Gasteiger charge is -2.03. The zero-order chi connectivity index (χ0) is 16.9. The van der Waals surface area contributed by atoms with Crippen molar-refractivity contribution < 1.29 is 4.79 Å². The van der Waals surface area contributed by atoms with Gasteiger partial charge in [-0.25, -0.2) is 0 Å². The van der Waals surface area contributed by atoms with Gasteiger partial charge in [0.25, 0.3) is 0 Å². The van der Waals surface area contributed by atoms with Gasteiger partial charge in [-0.3, -0.25) is 9.20 Å². The van der Waals surface area contributed by atoms with Gasteiger partial charge in [-0.05, 0) is 30.3 Å². The fourth-order valence-electron chi connectivity index (χ4n) is 2.25. The Hall–Kier alpha value is -2.37. The Morgan fingerprint density at radius 3 is 2.71 bits per heavy atom. The van der Waals surface area contributed by atoms with Crippen molar-refractivity contribution >= 4 is 40.8 Å². The molecule has 3 rings (SSSR count). The summed E-state index contributed by atoms with van der Waals surface area (Å²) in [5.41, 5.74) is 1.41. The van der Waals surface area contributed by atoms with Gasteiger partial charge in [0.2, 0.25) is 5.91 Å². The minimum Gasteiger partial charge on any atom is -0.352 e. The van der Waals surface area contributed by atoms with Crippen LogP contribution in [0.25, 0.3) is 11.7 Å². The maximum absolute atomic E-state index is 11.9. The van der Waals surface area contributed by atoms with E-state index in [1.165, 1.54) is 6.08 Å². The first-order valence-corrected chi connectivity index (χ1v) is 8.09. The average Bonchev–Trinajstić information content (AvgIpc) is 2.98. The molecule has 5 nitrogen and oxygen atoms in total. The molecule has 7 heteroatoms. The second kappa shape index (κ2) is 7.47. The molecule has 3 aromatic rings. The number of carbonyl (C=O) groups is 1. The van der Waals surface area contributed by atoms with Crippen molar-refractivity contribution in [3.05, 3.63) is 70.1 Å². The fraction of sp³-hybridized carbons (Fsp3) is 0.118. The number of nitrogens with one attached hydrogen (secondary N) is 1. The Morgan fingerprint density at radius 1 is 1.12 bits per heavy atom. The summed E-state index contributed by atoms with van der Waals surface area (Å²) in [7, 11) is 0. The third-order valence-corrected chi connectivity index (χ3v) is 4.09. The molecule has 1 amide bonds. The van der Waals surface area contributed by atoms with Crippen molar-refractivity contribution in [2.75, 3.05) is 6.54 Å². The summed E-state index contributed by atoms with van der Waals surface area (Å²) in [6, 6.07) is 10.9. The zero-order valence-electron chi connectivity index (χ0n) is 12.6. The van der Waals surface area contributed by atoms with E-state index in [9.17, 15) is 4.79 Å². The minimum atomic E-state index is -0.222. The first kappa shape index (κ1) is 16.5. The Bertz CT molecular complexity index is 884. The number of rotatable bonds is 5. The molecule has 0 bridgehead atoms. The predicted octanol–water partition coefficient (Wildman–Crippen LogP) is 3.41. The molecule has 0 spiro atoms. The average molecular weight is 361 g/mol. The number of halogens is 2. The molecule has 24 heavy (non-hydrogen) atoms. The van der Waals surface area contributed by atoms with Crippen LogP contribution in [-0.2, 0) is 11.2 Å². The molecule has 0 fully saturated rings. The molecule has 1 aromatic carbocycles. The molecule has 0 atom stereocenters. The number of nitrogens with zero attached hydrogens (tertiary/aromatic N) is 3. The van der Waals surface area contributed by atoms with Crippen molar-refractivity contribution in [2.24, 2.45) is 0 Å². The first-order valence-electron chi connectivity index (χ1n) is 7.34. The maximum Gasteiger partial charge on any atom is 0.244 e. The monoisotopic (exact) mass is 360 g/mol. The van der Waals surface area contributed by atoms with Crippen molar-refractivity contribution in [1.29, 1.82) is 0 Å². The van der Waals surface area contributed by atoms with Crippen molar-refractivity contribution in [3.8, 4) is 0 Å². The topological polar surface area (TPSA) is 59.3 Å². The molecule has 2 aromatic heterocycles. The summed E-state index contributed by atoms with van der Waals surface area (Å²) < 4.78 is 1.89. The third-order valence-electron chi connectivity index (χ3n) is 3.43. The van der Waals surface area contributed by atoms with Crippen molar-refractivity contribution in [3.63, 3.8) is 0 Å². The molecule has 0 aliphatic rings. The van der Waals surface area contributed by atoms with Gasteiger partial charge in [0, 0.05) is 40.8 Å². The number of hydrogen-bond donors (Lipinski definition) is 1. The Kier molecular flexibility index (Phi) is 5.13. The normalized spacial score (nSPS) is 11.2. The van der Waals surface area contributed by atoms with Gasteiger partial charge in [0.05, 0.1) is 0 Å². The van der Waals surface area contributed by atoms with Gasteiger partial charge in [-0.2, -0.15) is 0 Å². The van der Waals surface area contributed by atoms with E-state index in [1.54, 1.807) is 24.3 Å². The summed E-state index contributed by atoms with van der Waals surface area (Å²) in [5, 5.41) is 12.0. The van der Waals surface area contributed by atoms with Crippen LogP contribution in [0.3, 0.4) is 0 Å². The SMILES string of the molecule is O=C(/C=C/c1c(Cl)cccc1Cl)NCCc1nnc2ccccn12. The highest BCUT2D eigenvalue weighted by Crippen LogP contribution is 2.25. The van der Waals surface area contributed by atoms with E-state index in [4.69, 9.17) is 23.2 Å². The van der Waals surface area contributed by atoms with E-state index in [0.29, 0.717) is 28.6 Å². The highest BCUT2D eigenvalue weighted by molar-refractivity contribution is 6.37. The summed E-state index contributed by atoms with van der Waals surface area (Å²) in [5.74, 6) is 0.573. The fourth-order valence-corrected chi connectivity index (χ4v) is 2.77. The largest absolute Gasteiger partial charge is 0.352 e. The molecule has 0 saturated heterocycles. The third kappa shape index (κ3) is 3.75. The lowest BCUT2D eigenvalue weighted by Crippen LogP contribution is -2.24. The quantitative estimate of drug-likeness (QED) is 0.709. The second-order valence-electron chi connectivity index (χ2n) is 5.05. The number of carbonyl (C=O) groups excluding carboxylic acids is 1. The molecular formula is C17H14Cl2N4O. The molecule has 0 unspecified atom stereocenters. The maximum atomic E-state index is 11.9. The Balaban J connectivity index is 1.57. The van der Waals surface area contributed by atoms with Crippen LogP contribution in [0.15, 0.2) is 48.7 Å². The lowest BCUT2D eigenvalue weighted by atomic mass is 10.2. The molecular weight excluding hydrogens is 347 g/mol. The van der Waals surface area contributed by atoms with Gasteiger partial charge in [0.15, 0.2) is 5.65 Å². The van der Waals surface area contributed by atoms with Gasteiger partial charge in [-0.15, -0.1) is 10.2 Å². The predicted molar refractivity (Wildman–Crippen MR) is 95.2 cm³/mol. The van der Waals surface area contributed by atoms with Crippen LogP contribution in [0.4, 0.5) is 0 Å². The number of fused-ring (bicyclic) bond motifs is 1. The van der Waals surface area contributed by atoms with E-state index in [-0.39, 0.29) is 5.91 Å². The second-order valence-corrected chi connectivity index (χ2v) is 5.87. The molecule has 0 saturated carbocycles. The lowest BCUT2D eigenvalue weighted by molar-refractivity contribution is -0.116. The Morgan fingerprint density at radius 2 is 1.92 bits per heavy atom. The van der Waals surface area contributed by atoms with Crippen LogP contribution in [0, 0.1) is 0 Å². The number of benzene rings is 1. The van der Waals surface area contributed by atoms with Gasteiger partial charge in [0.1, 0.15) is 5.82 Å². The highest BCUT2D eigenvalue weighted by atomic mass is 35.5. The molecule has 0 radical (unpaired) electrons. The number of pyridine rings is 1. The van der Waals surface area contributed by atoms with E-state index >= 15 is 0 Å². The Labute approximate surface area is 148 Å². The van der Waals surface area contributed by atoms with Gasteiger partial charge in [-0.1, -0.05) is 35.3 Å². The number of amides is 1. The summed E-state index contributed by atoms with van der Waals surface area (Å²) in [6.45, 7) is 0.453. The first-order chi connectivity index (χ1) is 11.6. The molecule has 122 valence electrons. The van der Waals surface area contributed by atoms with Crippen molar-refractivity contribution in [1.82, 2.24) is 19.9 Å². The standard InChI is InChI=1S/C17H14Cl2N4O/c18-13-4-3-5-14(19)12(13)7-8-17(24)20-10-9-16-22-21-15-6-1-2-11-23(15)16/h1-8,11H,9-10H2,(H,20,24)/b8-7+. The molecule has 2 heterocycles. The number of hydrogen-bond acceptors (Lipinski definition) is 3. The minimum absolute atomic E-state index is 0.222. The van der Waals surface area contributed by atoms with Crippen LogP contribution < -0.4 is 5.32 Å².